The lowest BCUT2D eigenvalue weighted by molar-refractivity contribution is -0.122. The molecule has 2 N–H and O–H groups in total. The maximum absolute atomic E-state index is 12.1. The molecular formula is C15H22BrN3O. The summed E-state index contributed by atoms with van der Waals surface area (Å²) in [6, 6.07) is 8.09. The molecule has 4 nitrogen and oxygen atoms in total. The molecule has 0 aliphatic carbocycles. The Morgan fingerprint density at radius 1 is 1.45 bits per heavy atom. The Labute approximate surface area is 129 Å². The number of nitrogens with one attached hydrogen (secondary N) is 2. The third-order valence-electron chi connectivity index (χ3n) is 3.53. The van der Waals surface area contributed by atoms with Crippen molar-refractivity contribution in [2.45, 2.75) is 19.4 Å². The van der Waals surface area contributed by atoms with Gasteiger partial charge in [-0.1, -0.05) is 28.1 Å². The summed E-state index contributed by atoms with van der Waals surface area (Å²) in [4.78, 5) is 14.3. The number of rotatable bonds is 4. The van der Waals surface area contributed by atoms with Gasteiger partial charge in [-0.15, -0.1) is 0 Å². The van der Waals surface area contributed by atoms with Crippen LogP contribution in [0.1, 0.15) is 24.9 Å². The minimum absolute atomic E-state index is 0.0325. The Bertz CT molecular complexity index is 444. The Hall–Kier alpha value is -0.910. The normalized spacial score (nSPS) is 18.3. The van der Waals surface area contributed by atoms with Crippen LogP contribution in [0.2, 0.25) is 0 Å². The molecule has 1 fully saturated rings. The van der Waals surface area contributed by atoms with Gasteiger partial charge in [-0.25, -0.2) is 0 Å². The van der Waals surface area contributed by atoms with E-state index in [9.17, 15) is 4.79 Å². The van der Waals surface area contributed by atoms with Gasteiger partial charge in [-0.05, 0) is 44.1 Å². The van der Waals surface area contributed by atoms with Crippen molar-refractivity contribution in [2.75, 3.05) is 32.7 Å². The molecule has 1 heterocycles. The highest BCUT2D eigenvalue weighted by molar-refractivity contribution is 9.10. The lowest BCUT2D eigenvalue weighted by Gasteiger charge is -2.21. The van der Waals surface area contributed by atoms with E-state index in [1.54, 1.807) is 0 Å². The van der Waals surface area contributed by atoms with Crippen LogP contribution in [0.25, 0.3) is 0 Å². The molecule has 1 aromatic carbocycles. The summed E-state index contributed by atoms with van der Waals surface area (Å²) in [5.41, 5.74) is 1.12. The quantitative estimate of drug-likeness (QED) is 0.880. The van der Waals surface area contributed by atoms with Crippen LogP contribution in [0.15, 0.2) is 28.7 Å². The largest absolute Gasteiger partial charge is 0.348 e. The molecule has 1 amide bonds. The van der Waals surface area contributed by atoms with E-state index < -0.39 is 0 Å². The molecule has 1 aromatic rings. The van der Waals surface area contributed by atoms with Crippen LogP contribution in [0.4, 0.5) is 0 Å². The zero-order chi connectivity index (χ0) is 14.4. The van der Waals surface area contributed by atoms with Gasteiger partial charge in [-0.2, -0.15) is 0 Å². The first-order chi connectivity index (χ1) is 9.65. The second kappa shape index (κ2) is 7.76. The van der Waals surface area contributed by atoms with Crippen LogP contribution in [0, 0.1) is 0 Å². The number of carbonyl (C=O) groups is 1. The van der Waals surface area contributed by atoms with Gasteiger partial charge < -0.3 is 10.6 Å². The van der Waals surface area contributed by atoms with Gasteiger partial charge in [0.2, 0.25) is 5.91 Å². The van der Waals surface area contributed by atoms with E-state index >= 15 is 0 Å². The van der Waals surface area contributed by atoms with E-state index in [1.807, 2.05) is 31.2 Å². The number of hydrogen-bond donors (Lipinski definition) is 2. The zero-order valence-electron chi connectivity index (χ0n) is 11.9. The molecule has 110 valence electrons. The van der Waals surface area contributed by atoms with E-state index in [0.29, 0.717) is 6.54 Å². The summed E-state index contributed by atoms with van der Waals surface area (Å²) >= 11 is 3.46. The molecule has 0 saturated carbocycles. The molecule has 2 rings (SSSR count). The molecule has 0 bridgehead atoms. The highest BCUT2D eigenvalue weighted by Gasteiger charge is 2.15. The number of amides is 1. The molecule has 1 aliphatic rings. The Kier molecular flexibility index (Phi) is 6.01. The van der Waals surface area contributed by atoms with Crippen LogP contribution >= 0.6 is 15.9 Å². The topological polar surface area (TPSA) is 44.4 Å². The van der Waals surface area contributed by atoms with Crippen molar-refractivity contribution in [3.63, 3.8) is 0 Å². The van der Waals surface area contributed by atoms with Crippen molar-refractivity contribution in [1.29, 1.82) is 0 Å². The Balaban J connectivity index is 1.84. The van der Waals surface area contributed by atoms with Gasteiger partial charge in [0.1, 0.15) is 0 Å². The van der Waals surface area contributed by atoms with Gasteiger partial charge in [-0.3, -0.25) is 9.69 Å². The Morgan fingerprint density at radius 2 is 2.30 bits per heavy atom. The molecule has 0 aromatic heterocycles. The highest BCUT2D eigenvalue weighted by atomic mass is 79.9. The van der Waals surface area contributed by atoms with Gasteiger partial charge >= 0.3 is 0 Å². The molecule has 0 spiro atoms. The Morgan fingerprint density at radius 3 is 3.10 bits per heavy atom. The van der Waals surface area contributed by atoms with E-state index in [4.69, 9.17) is 0 Å². The minimum atomic E-state index is 0.0325. The smallest absolute Gasteiger partial charge is 0.234 e. The lowest BCUT2D eigenvalue weighted by atomic mass is 10.1. The van der Waals surface area contributed by atoms with Crippen molar-refractivity contribution < 1.29 is 4.79 Å². The summed E-state index contributed by atoms with van der Waals surface area (Å²) in [6.07, 6.45) is 1.11. The minimum Gasteiger partial charge on any atom is -0.348 e. The molecular weight excluding hydrogens is 318 g/mol. The predicted molar refractivity (Wildman–Crippen MR) is 84.6 cm³/mol. The van der Waals surface area contributed by atoms with Crippen molar-refractivity contribution in [2.24, 2.45) is 0 Å². The molecule has 1 saturated heterocycles. The first-order valence-electron chi connectivity index (χ1n) is 7.13. The first kappa shape index (κ1) is 15.5. The van der Waals surface area contributed by atoms with Gasteiger partial charge in [0, 0.05) is 17.6 Å². The number of carbonyl (C=O) groups excluding carboxylic acids is 1. The fourth-order valence-electron chi connectivity index (χ4n) is 2.41. The van der Waals surface area contributed by atoms with Crippen LogP contribution in [-0.4, -0.2) is 43.5 Å². The van der Waals surface area contributed by atoms with Crippen LogP contribution in [0.5, 0.6) is 0 Å². The van der Waals surface area contributed by atoms with E-state index in [0.717, 1.165) is 42.6 Å². The average Bonchev–Trinajstić information content (AvgIpc) is 2.67. The number of nitrogens with zero attached hydrogens (tertiary/aromatic N) is 1. The lowest BCUT2D eigenvalue weighted by Crippen LogP contribution is -2.39. The monoisotopic (exact) mass is 339 g/mol. The predicted octanol–water partition coefficient (Wildman–Crippen LogP) is 1.92. The van der Waals surface area contributed by atoms with Gasteiger partial charge in [0.25, 0.3) is 0 Å². The van der Waals surface area contributed by atoms with E-state index in [1.165, 1.54) is 0 Å². The van der Waals surface area contributed by atoms with Crippen molar-refractivity contribution >= 4 is 21.8 Å². The van der Waals surface area contributed by atoms with Gasteiger partial charge in [0.15, 0.2) is 0 Å². The third kappa shape index (κ3) is 4.89. The summed E-state index contributed by atoms with van der Waals surface area (Å²) in [5, 5.41) is 6.41. The van der Waals surface area contributed by atoms with Crippen molar-refractivity contribution in [1.82, 2.24) is 15.5 Å². The summed E-state index contributed by atoms with van der Waals surface area (Å²) in [5.74, 6) is 0.0966. The molecule has 1 atom stereocenters. The second-order valence-corrected chi connectivity index (χ2v) is 6.14. The number of halogens is 1. The fourth-order valence-corrected chi connectivity index (χ4v) is 2.83. The number of hydrogen-bond acceptors (Lipinski definition) is 3. The standard InChI is InChI=1S/C15H22BrN3O/c1-12(13-4-2-5-14(16)10-13)18-15(20)11-19-8-3-6-17-7-9-19/h2,4-5,10,12,17H,3,6-9,11H2,1H3,(H,18,20). The van der Waals surface area contributed by atoms with Crippen molar-refractivity contribution in [3.8, 4) is 0 Å². The summed E-state index contributed by atoms with van der Waals surface area (Å²) in [7, 11) is 0. The van der Waals surface area contributed by atoms with Gasteiger partial charge in [0.05, 0.1) is 12.6 Å². The van der Waals surface area contributed by atoms with Crippen LogP contribution < -0.4 is 10.6 Å². The SMILES string of the molecule is CC(NC(=O)CN1CCCNCC1)c1cccc(Br)c1. The van der Waals surface area contributed by atoms with E-state index in [-0.39, 0.29) is 11.9 Å². The third-order valence-corrected chi connectivity index (χ3v) is 4.02. The van der Waals surface area contributed by atoms with Crippen LogP contribution in [0.3, 0.4) is 0 Å². The summed E-state index contributed by atoms with van der Waals surface area (Å²) < 4.78 is 1.04. The second-order valence-electron chi connectivity index (χ2n) is 5.22. The molecule has 20 heavy (non-hydrogen) atoms. The maximum Gasteiger partial charge on any atom is 0.234 e. The molecule has 1 aliphatic heterocycles. The van der Waals surface area contributed by atoms with Crippen molar-refractivity contribution in [3.05, 3.63) is 34.3 Å². The molecule has 5 heteroatoms. The number of benzene rings is 1. The average molecular weight is 340 g/mol. The molecule has 0 radical (unpaired) electrons. The summed E-state index contributed by atoms with van der Waals surface area (Å²) in [6.45, 7) is 6.45. The first-order valence-corrected chi connectivity index (χ1v) is 7.92. The fraction of sp³-hybridized carbons (Fsp3) is 0.533. The zero-order valence-corrected chi connectivity index (χ0v) is 13.4. The highest BCUT2D eigenvalue weighted by Crippen LogP contribution is 2.17. The van der Waals surface area contributed by atoms with Crippen LogP contribution in [-0.2, 0) is 4.79 Å². The maximum atomic E-state index is 12.1. The molecule has 1 unspecified atom stereocenters. The van der Waals surface area contributed by atoms with E-state index in [2.05, 4.69) is 31.5 Å².